The van der Waals surface area contributed by atoms with E-state index < -0.39 is 4.92 Å². The van der Waals surface area contributed by atoms with Crippen molar-refractivity contribution in [3.05, 3.63) is 75.6 Å². The van der Waals surface area contributed by atoms with E-state index in [0.29, 0.717) is 11.1 Å². The maximum Gasteiger partial charge on any atom is 0.311 e. The first kappa shape index (κ1) is 14.6. The van der Waals surface area contributed by atoms with Gasteiger partial charge in [0, 0.05) is 24.0 Å². The fraction of sp³-hybridized carbons (Fsp3) is 0.118. The van der Waals surface area contributed by atoms with Crippen molar-refractivity contribution >= 4 is 11.2 Å². The number of nitro benzene ring substituents is 1. The number of aryl methyl sites for hydroxylation is 1. The van der Waals surface area contributed by atoms with E-state index in [-0.39, 0.29) is 18.0 Å². The summed E-state index contributed by atoms with van der Waals surface area (Å²) < 4.78 is 7.44. The maximum absolute atomic E-state index is 11.1. The molecular formula is C17H13N3O3. The first-order valence-electron chi connectivity index (χ1n) is 6.96. The first-order chi connectivity index (χ1) is 11.1. The number of benzene rings is 1. The summed E-state index contributed by atoms with van der Waals surface area (Å²) in [6, 6.07) is 12.5. The number of ether oxygens (including phenoxy) is 1. The van der Waals surface area contributed by atoms with Crippen molar-refractivity contribution < 1.29 is 9.66 Å². The van der Waals surface area contributed by atoms with Crippen molar-refractivity contribution in [3.63, 3.8) is 0 Å². The fourth-order valence-corrected chi connectivity index (χ4v) is 2.46. The lowest BCUT2D eigenvalue weighted by atomic mass is 10.2. The zero-order valence-electron chi connectivity index (χ0n) is 12.4. The molecular weight excluding hydrogens is 294 g/mol. The van der Waals surface area contributed by atoms with E-state index in [1.807, 2.05) is 28.8 Å². The summed E-state index contributed by atoms with van der Waals surface area (Å²) >= 11 is 0. The molecule has 0 N–H and O–H groups in total. The molecule has 0 saturated heterocycles. The average molecular weight is 307 g/mol. The molecule has 6 heteroatoms. The third-order valence-electron chi connectivity index (χ3n) is 3.57. The standard InChI is InChI=1S/C17H13N3O3/c1-12-5-6-17(16(8-12)20(21)22)23-11-13-10-19-7-3-2-4-15(19)14(13)9-18/h2-8,10H,11H2,1H3. The molecule has 2 heterocycles. The maximum atomic E-state index is 11.1. The predicted octanol–water partition coefficient (Wildman–Crippen LogP) is 3.61. The molecule has 3 aromatic rings. The second kappa shape index (κ2) is 5.81. The normalized spacial score (nSPS) is 10.4. The van der Waals surface area contributed by atoms with Crippen LogP contribution >= 0.6 is 0 Å². The zero-order chi connectivity index (χ0) is 16.4. The van der Waals surface area contributed by atoms with Crippen molar-refractivity contribution in [3.8, 4) is 11.8 Å². The Bertz CT molecular complexity index is 938. The molecule has 23 heavy (non-hydrogen) atoms. The van der Waals surface area contributed by atoms with Crippen molar-refractivity contribution in [1.29, 1.82) is 5.26 Å². The minimum atomic E-state index is -0.468. The van der Waals surface area contributed by atoms with Crippen molar-refractivity contribution in [1.82, 2.24) is 4.40 Å². The third kappa shape index (κ3) is 2.72. The highest BCUT2D eigenvalue weighted by Gasteiger charge is 2.17. The molecule has 0 amide bonds. The lowest BCUT2D eigenvalue weighted by molar-refractivity contribution is -0.386. The van der Waals surface area contributed by atoms with Crippen LogP contribution in [0.3, 0.4) is 0 Å². The molecule has 0 fully saturated rings. The Kier molecular flexibility index (Phi) is 3.69. The first-order valence-corrected chi connectivity index (χ1v) is 6.96. The number of nitriles is 1. The Balaban J connectivity index is 1.93. The van der Waals surface area contributed by atoms with E-state index in [1.165, 1.54) is 6.07 Å². The molecule has 0 unspecified atom stereocenters. The topological polar surface area (TPSA) is 80.6 Å². The van der Waals surface area contributed by atoms with Gasteiger partial charge in [0.15, 0.2) is 5.75 Å². The Hall–Kier alpha value is -3.33. The van der Waals surface area contributed by atoms with E-state index >= 15 is 0 Å². The van der Waals surface area contributed by atoms with Crippen LogP contribution in [-0.4, -0.2) is 9.32 Å². The van der Waals surface area contributed by atoms with Crippen molar-refractivity contribution in [2.24, 2.45) is 0 Å². The van der Waals surface area contributed by atoms with E-state index in [4.69, 9.17) is 4.74 Å². The van der Waals surface area contributed by atoms with Gasteiger partial charge < -0.3 is 9.14 Å². The monoisotopic (exact) mass is 307 g/mol. The minimum Gasteiger partial charge on any atom is -0.482 e. The van der Waals surface area contributed by atoms with Gasteiger partial charge in [0.05, 0.1) is 16.0 Å². The predicted molar refractivity (Wildman–Crippen MR) is 84.3 cm³/mol. The number of aromatic nitrogens is 1. The number of pyridine rings is 1. The molecule has 0 radical (unpaired) electrons. The number of rotatable bonds is 4. The van der Waals surface area contributed by atoms with Gasteiger partial charge in [0.25, 0.3) is 0 Å². The van der Waals surface area contributed by atoms with E-state index in [0.717, 1.165) is 11.1 Å². The molecule has 114 valence electrons. The van der Waals surface area contributed by atoms with Crippen LogP contribution in [0.2, 0.25) is 0 Å². The summed E-state index contributed by atoms with van der Waals surface area (Å²) in [5.74, 6) is 0.194. The Labute approximate surface area is 132 Å². The lowest BCUT2D eigenvalue weighted by Crippen LogP contribution is -2.00. The molecule has 2 aromatic heterocycles. The van der Waals surface area contributed by atoms with E-state index in [1.54, 1.807) is 25.3 Å². The average Bonchev–Trinajstić information content (AvgIpc) is 2.91. The van der Waals surface area contributed by atoms with Gasteiger partial charge in [-0.3, -0.25) is 10.1 Å². The summed E-state index contributed by atoms with van der Waals surface area (Å²) in [5.41, 5.74) is 2.70. The van der Waals surface area contributed by atoms with Gasteiger partial charge in [-0.15, -0.1) is 0 Å². The number of nitro groups is 1. The van der Waals surface area contributed by atoms with Crippen LogP contribution in [0.5, 0.6) is 5.75 Å². The molecule has 3 rings (SSSR count). The van der Waals surface area contributed by atoms with E-state index in [2.05, 4.69) is 6.07 Å². The molecule has 0 atom stereocenters. The van der Waals surface area contributed by atoms with Crippen LogP contribution in [0.4, 0.5) is 5.69 Å². The van der Waals surface area contributed by atoms with Crippen LogP contribution in [0.25, 0.3) is 5.52 Å². The fourth-order valence-electron chi connectivity index (χ4n) is 2.46. The highest BCUT2D eigenvalue weighted by atomic mass is 16.6. The Morgan fingerprint density at radius 2 is 2.17 bits per heavy atom. The quantitative estimate of drug-likeness (QED) is 0.544. The lowest BCUT2D eigenvalue weighted by Gasteiger charge is -2.06. The smallest absolute Gasteiger partial charge is 0.311 e. The Morgan fingerprint density at radius 1 is 1.35 bits per heavy atom. The molecule has 0 aliphatic heterocycles. The molecule has 1 aromatic carbocycles. The van der Waals surface area contributed by atoms with Crippen molar-refractivity contribution in [2.75, 3.05) is 0 Å². The van der Waals surface area contributed by atoms with Gasteiger partial charge in [-0.05, 0) is 30.7 Å². The van der Waals surface area contributed by atoms with Gasteiger partial charge in [-0.2, -0.15) is 5.26 Å². The highest BCUT2D eigenvalue weighted by molar-refractivity contribution is 5.65. The van der Waals surface area contributed by atoms with Gasteiger partial charge in [-0.1, -0.05) is 12.1 Å². The third-order valence-corrected chi connectivity index (χ3v) is 3.57. The minimum absolute atomic E-state index is 0.0766. The summed E-state index contributed by atoms with van der Waals surface area (Å²) in [7, 11) is 0. The van der Waals surface area contributed by atoms with Gasteiger partial charge in [-0.25, -0.2) is 0 Å². The van der Waals surface area contributed by atoms with Gasteiger partial charge >= 0.3 is 5.69 Å². The number of hydrogen-bond donors (Lipinski definition) is 0. The van der Waals surface area contributed by atoms with E-state index in [9.17, 15) is 15.4 Å². The zero-order valence-corrected chi connectivity index (χ0v) is 12.4. The Morgan fingerprint density at radius 3 is 2.91 bits per heavy atom. The molecule has 0 saturated carbocycles. The summed E-state index contributed by atoms with van der Waals surface area (Å²) in [6.07, 6.45) is 3.64. The number of fused-ring (bicyclic) bond motifs is 1. The highest BCUT2D eigenvalue weighted by Crippen LogP contribution is 2.29. The van der Waals surface area contributed by atoms with Crippen molar-refractivity contribution in [2.45, 2.75) is 13.5 Å². The largest absolute Gasteiger partial charge is 0.482 e. The molecule has 0 bridgehead atoms. The van der Waals surface area contributed by atoms with Crippen LogP contribution in [0.15, 0.2) is 48.8 Å². The van der Waals surface area contributed by atoms with Gasteiger partial charge in [0.1, 0.15) is 12.7 Å². The van der Waals surface area contributed by atoms with Crippen LogP contribution in [0, 0.1) is 28.4 Å². The summed E-state index contributed by atoms with van der Waals surface area (Å²) in [4.78, 5) is 10.6. The molecule has 6 nitrogen and oxygen atoms in total. The second-order valence-electron chi connectivity index (χ2n) is 5.15. The summed E-state index contributed by atoms with van der Waals surface area (Å²) in [5, 5.41) is 20.5. The molecule has 0 aliphatic carbocycles. The van der Waals surface area contributed by atoms with Crippen LogP contribution < -0.4 is 4.74 Å². The van der Waals surface area contributed by atoms with Gasteiger partial charge in [0.2, 0.25) is 0 Å². The van der Waals surface area contributed by atoms with Crippen LogP contribution in [0.1, 0.15) is 16.7 Å². The number of hydrogen-bond acceptors (Lipinski definition) is 4. The second-order valence-corrected chi connectivity index (χ2v) is 5.15. The molecule has 0 spiro atoms. The SMILES string of the molecule is Cc1ccc(OCc2cn3ccccc3c2C#N)c([N+](=O)[O-])c1. The summed E-state index contributed by atoms with van der Waals surface area (Å²) in [6.45, 7) is 1.87. The van der Waals surface area contributed by atoms with Crippen LogP contribution in [-0.2, 0) is 6.61 Å². The number of nitrogens with zero attached hydrogens (tertiary/aromatic N) is 3. The molecule has 0 aliphatic rings.